The van der Waals surface area contributed by atoms with Crippen molar-refractivity contribution in [3.63, 3.8) is 0 Å². The Morgan fingerprint density at radius 1 is 0.906 bits per heavy atom. The van der Waals surface area contributed by atoms with Gasteiger partial charge in [0.1, 0.15) is 11.6 Å². The van der Waals surface area contributed by atoms with Gasteiger partial charge in [0.15, 0.2) is 12.7 Å². The zero-order chi connectivity index (χ0) is 38.3. The molecule has 53 heavy (non-hydrogen) atoms. The highest BCUT2D eigenvalue weighted by Gasteiger charge is 2.41. The summed E-state index contributed by atoms with van der Waals surface area (Å²) in [4.78, 5) is 17.7. The number of pyridine rings is 1. The predicted molar refractivity (Wildman–Crippen MR) is 212 cm³/mol. The van der Waals surface area contributed by atoms with Crippen molar-refractivity contribution < 1.29 is 27.6 Å². The third kappa shape index (κ3) is 8.80. The van der Waals surface area contributed by atoms with E-state index in [9.17, 15) is 23.1 Å². The molecular weight excluding hydrogens is 695 g/mol. The molecule has 2 aromatic carbocycles. The Hall–Kier alpha value is -3.78. The Morgan fingerprint density at radius 3 is 2.21 bits per heavy atom. The largest absolute Gasteiger partial charge is 0.506 e. The SMILES string of the molecule is CCCCCCCCCCN1/C(=C\C2=C(O)C(=C(/C)c3cc[n+](CC(CC)CCCC)c4ccccc34)/C2=O)N(CC)c2cc(C(F)(F)F)c(Cl)cc21. The maximum Gasteiger partial charge on any atom is 0.417 e. The molecule has 9 heteroatoms. The van der Waals surface area contributed by atoms with E-state index in [1.165, 1.54) is 51.0 Å². The molecule has 0 saturated carbocycles. The van der Waals surface area contributed by atoms with Crippen molar-refractivity contribution in [1.29, 1.82) is 0 Å². The highest BCUT2D eigenvalue weighted by molar-refractivity contribution is 6.32. The highest BCUT2D eigenvalue weighted by Crippen LogP contribution is 2.49. The summed E-state index contributed by atoms with van der Waals surface area (Å²) in [7, 11) is 0. The third-order valence-corrected chi connectivity index (χ3v) is 11.3. The number of nitrogens with zero attached hydrogens (tertiary/aromatic N) is 3. The van der Waals surface area contributed by atoms with E-state index in [0.29, 0.717) is 41.8 Å². The van der Waals surface area contributed by atoms with Gasteiger partial charge in [-0.2, -0.15) is 17.7 Å². The van der Waals surface area contributed by atoms with Crippen LogP contribution in [0, 0.1) is 5.92 Å². The number of carbonyl (C=O) groups excluding carboxylic acids is 1. The molecule has 1 unspecified atom stereocenters. The first-order valence-corrected chi connectivity index (χ1v) is 20.1. The smallest absolute Gasteiger partial charge is 0.417 e. The number of hydrogen-bond donors (Lipinski definition) is 1. The molecule has 2 aliphatic rings. The molecular formula is C44H56ClF3N3O2+. The molecule has 0 spiro atoms. The van der Waals surface area contributed by atoms with E-state index < -0.39 is 11.7 Å². The number of allylic oxidation sites excluding steroid dienone is 4. The summed E-state index contributed by atoms with van der Waals surface area (Å²) in [6, 6.07) is 12.7. The van der Waals surface area contributed by atoms with Gasteiger partial charge >= 0.3 is 6.18 Å². The Balaban J connectivity index is 1.49. The number of para-hydroxylation sites is 1. The zero-order valence-electron chi connectivity index (χ0n) is 32.1. The van der Waals surface area contributed by atoms with Gasteiger partial charge in [-0.25, -0.2) is 0 Å². The van der Waals surface area contributed by atoms with Crippen molar-refractivity contribution >= 4 is 45.2 Å². The first kappa shape index (κ1) is 40.4. The standard InChI is InChI=1S/C44H55ClF3N3O2/c1-6-10-12-13-14-15-16-19-24-51-39-28-36(45)35(44(46,47)48)27-38(39)50(9-4)40(51)26-34-42(52)41(43(34)53)30(5)32-23-25-49(29-31(8-3)20-11-7-2)37-22-18-17-21-33(32)37/h17-18,21-23,25-28,31H,6-16,19-20,24,29H2,1-5H3/p+1. The summed E-state index contributed by atoms with van der Waals surface area (Å²) < 4.78 is 44.3. The number of alkyl halides is 3. The minimum Gasteiger partial charge on any atom is -0.506 e. The summed E-state index contributed by atoms with van der Waals surface area (Å²) in [5.74, 6) is 0.749. The van der Waals surface area contributed by atoms with Crippen molar-refractivity contribution in [3.8, 4) is 0 Å². The van der Waals surface area contributed by atoms with Crippen LogP contribution >= 0.6 is 11.6 Å². The van der Waals surface area contributed by atoms with E-state index in [1.807, 2.05) is 36.9 Å². The molecule has 5 nitrogen and oxygen atoms in total. The molecule has 1 atom stereocenters. The topological polar surface area (TPSA) is 47.7 Å². The number of hydrogen-bond acceptors (Lipinski definition) is 4. The fourth-order valence-electron chi connectivity index (χ4n) is 7.86. The van der Waals surface area contributed by atoms with Crippen LogP contribution in [0.3, 0.4) is 0 Å². The lowest BCUT2D eigenvalue weighted by molar-refractivity contribution is -0.678. The summed E-state index contributed by atoms with van der Waals surface area (Å²) in [5, 5.41) is 12.2. The Bertz CT molecular complexity index is 1880. The molecule has 0 fully saturated rings. The van der Waals surface area contributed by atoms with Crippen molar-refractivity contribution in [2.75, 3.05) is 22.9 Å². The van der Waals surface area contributed by atoms with Crippen molar-refractivity contribution in [2.24, 2.45) is 5.92 Å². The molecule has 1 aliphatic heterocycles. The second-order valence-corrected chi connectivity index (χ2v) is 15.0. The number of aliphatic hydroxyl groups excluding tert-OH is 1. The second kappa shape index (κ2) is 18.0. The molecule has 0 amide bonds. The summed E-state index contributed by atoms with van der Waals surface area (Å²) in [5.41, 5.74) is 3.14. The van der Waals surface area contributed by atoms with Gasteiger partial charge in [-0.05, 0) is 68.5 Å². The van der Waals surface area contributed by atoms with Gasteiger partial charge in [0.25, 0.3) is 0 Å². The van der Waals surface area contributed by atoms with Crippen LogP contribution in [0.5, 0.6) is 0 Å². The van der Waals surface area contributed by atoms with Crippen LogP contribution in [0.15, 0.2) is 77.5 Å². The summed E-state index contributed by atoms with van der Waals surface area (Å²) in [6.45, 7) is 12.2. The number of benzene rings is 2. The van der Waals surface area contributed by atoms with E-state index in [0.717, 1.165) is 61.2 Å². The van der Waals surface area contributed by atoms with Gasteiger partial charge in [-0.3, -0.25) is 4.79 Å². The molecule has 0 radical (unpaired) electrons. The monoisotopic (exact) mass is 750 g/mol. The van der Waals surface area contributed by atoms with Crippen LogP contribution in [-0.2, 0) is 17.5 Å². The lowest BCUT2D eigenvalue weighted by Crippen LogP contribution is -2.38. The first-order chi connectivity index (χ1) is 25.5. The predicted octanol–water partition coefficient (Wildman–Crippen LogP) is 12.5. The van der Waals surface area contributed by atoms with Gasteiger partial charge in [-0.15, -0.1) is 0 Å². The number of aromatic nitrogens is 1. The number of aliphatic hydroxyl groups is 1. The zero-order valence-corrected chi connectivity index (χ0v) is 32.8. The Labute approximate surface area is 318 Å². The summed E-state index contributed by atoms with van der Waals surface area (Å²) >= 11 is 6.25. The fourth-order valence-corrected chi connectivity index (χ4v) is 8.12. The number of anilines is 2. The quantitative estimate of drug-likeness (QED) is 0.0799. The molecule has 5 rings (SSSR count). The average Bonchev–Trinajstić information content (AvgIpc) is 3.43. The first-order valence-electron chi connectivity index (χ1n) is 19.7. The van der Waals surface area contributed by atoms with E-state index in [-0.39, 0.29) is 27.7 Å². The average molecular weight is 751 g/mol. The Morgan fingerprint density at radius 2 is 1.57 bits per heavy atom. The number of rotatable bonds is 18. The van der Waals surface area contributed by atoms with Crippen molar-refractivity contribution in [2.45, 2.75) is 124 Å². The number of carbonyl (C=O) groups is 1. The van der Waals surface area contributed by atoms with Gasteiger partial charge in [0, 0.05) is 31.1 Å². The molecule has 286 valence electrons. The van der Waals surface area contributed by atoms with Crippen LogP contribution < -0.4 is 14.4 Å². The van der Waals surface area contributed by atoms with Crippen LogP contribution in [0.2, 0.25) is 5.02 Å². The minimum atomic E-state index is -4.61. The normalized spacial score (nSPS) is 16.9. The lowest BCUT2D eigenvalue weighted by atomic mass is 9.82. The summed E-state index contributed by atoms with van der Waals surface area (Å²) in [6.07, 6.45) is 12.7. The molecule has 1 aliphatic carbocycles. The highest BCUT2D eigenvalue weighted by atomic mass is 35.5. The maximum atomic E-state index is 14.0. The molecule has 1 aromatic heterocycles. The van der Waals surface area contributed by atoms with Crippen molar-refractivity contribution in [1.82, 2.24) is 0 Å². The molecule has 3 aromatic rings. The second-order valence-electron chi connectivity index (χ2n) is 14.6. The van der Waals surface area contributed by atoms with Gasteiger partial charge in [0.05, 0.1) is 38.5 Å². The number of ketones is 1. The molecule has 0 saturated heterocycles. The van der Waals surface area contributed by atoms with Gasteiger partial charge in [-0.1, -0.05) is 102 Å². The van der Waals surface area contributed by atoms with Crippen LogP contribution in [0.25, 0.3) is 16.5 Å². The number of unbranched alkanes of at least 4 members (excludes halogenated alkanes) is 8. The minimum absolute atomic E-state index is 0.0977. The van der Waals surface area contributed by atoms with E-state index in [2.05, 4.69) is 43.7 Å². The van der Waals surface area contributed by atoms with E-state index in [1.54, 1.807) is 11.0 Å². The molecule has 1 N–H and O–H groups in total. The van der Waals surface area contributed by atoms with Crippen LogP contribution in [0.1, 0.15) is 123 Å². The van der Waals surface area contributed by atoms with Crippen LogP contribution in [-0.4, -0.2) is 24.0 Å². The van der Waals surface area contributed by atoms with Crippen LogP contribution in [0.4, 0.5) is 24.5 Å². The molecule has 0 bridgehead atoms. The Kier molecular flexibility index (Phi) is 13.7. The number of Topliss-reactive ketones (excluding diaryl/α,β-unsaturated/α-hetero) is 1. The van der Waals surface area contributed by atoms with E-state index in [4.69, 9.17) is 11.6 Å². The van der Waals surface area contributed by atoms with Gasteiger partial charge in [0.2, 0.25) is 11.3 Å². The fraction of sp³-hybridized carbons (Fsp3) is 0.500. The molecule has 2 heterocycles. The third-order valence-electron chi connectivity index (χ3n) is 11.0. The van der Waals surface area contributed by atoms with Gasteiger partial charge < -0.3 is 14.9 Å². The lowest BCUT2D eigenvalue weighted by Gasteiger charge is -2.28. The van der Waals surface area contributed by atoms with Crippen molar-refractivity contribution in [3.05, 3.63) is 93.6 Å². The maximum absolute atomic E-state index is 14.0. The number of fused-ring (bicyclic) bond motifs is 2. The number of halogens is 4. The van der Waals surface area contributed by atoms with E-state index >= 15 is 0 Å².